The topological polar surface area (TPSA) is 66.5 Å². The molecule has 2 heterocycles. The molecule has 0 aliphatic carbocycles. The van der Waals surface area contributed by atoms with Gasteiger partial charge in [0.05, 0.1) is 32.5 Å². The molecule has 7 heteroatoms. The van der Waals surface area contributed by atoms with E-state index in [1.807, 2.05) is 97.9 Å². The lowest BCUT2D eigenvalue weighted by molar-refractivity contribution is -0.144. The lowest BCUT2D eigenvalue weighted by Gasteiger charge is -2.31. The molecule has 0 spiro atoms. The van der Waals surface area contributed by atoms with Crippen LogP contribution in [0.25, 0.3) is 0 Å². The van der Waals surface area contributed by atoms with Crippen LogP contribution in [-0.2, 0) is 48.3 Å². The highest BCUT2D eigenvalue weighted by Crippen LogP contribution is 2.40. The Bertz CT molecular complexity index is 1160. The largest absolute Gasteiger partial charge is 0.375 e. The molecule has 0 aromatic heterocycles. The molecule has 0 N–H and O–H groups in total. The highest BCUT2D eigenvalue weighted by atomic mass is 16.7. The van der Waals surface area contributed by atoms with Crippen molar-refractivity contribution in [2.24, 2.45) is 0 Å². The highest BCUT2D eigenvalue weighted by Gasteiger charge is 2.62. The second-order valence-electron chi connectivity index (χ2n) is 10.1. The SMILES string of the molecule is COCO[C@H]1C(=O)[C@H]2[C@H](OCc3ccccc3)[C@@H](OCc3ccccc3)[C@H](COCc3ccccc3)N2[C@@H]1C. The summed E-state index contributed by atoms with van der Waals surface area (Å²) in [6, 6.07) is 29.3. The van der Waals surface area contributed by atoms with Crippen LogP contribution in [0.2, 0.25) is 0 Å². The number of rotatable bonds is 13. The van der Waals surface area contributed by atoms with E-state index in [1.165, 1.54) is 0 Å². The fourth-order valence-corrected chi connectivity index (χ4v) is 5.71. The van der Waals surface area contributed by atoms with Gasteiger partial charge in [-0.1, -0.05) is 91.0 Å². The molecule has 39 heavy (non-hydrogen) atoms. The van der Waals surface area contributed by atoms with Crippen molar-refractivity contribution in [2.45, 2.75) is 63.2 Å². The Labute approximate surface area is 230 Å². The number of hydrogen-bond acceptors (Lipinski definition) is 7. The third-order valence-electron chi connectivity index (χ3n) is 7.53. The monoisotopic (exact) mass is 531 g/mol. The number of hydrogen-bond donors (Lipinski definition) is 0. The standard InChI is InChI=1S/C32H37NO6/c1-23-30(39-22-35-2)29(34)28-32(38-20-26-16-10-5-11-17-26)31(37-19-25-14-8-4-9-15-25)27(33(23)28)21-36-18-24-12-6-3-7-13-24/h3-17,23,27-28,30-32H,18-22H2,1-2H3/t23-,27+,28+,30-,31+,32+/m1/s1. The van der Waals surface area contributed by atoms with E-state index in [1.54, 1.807) is 7.11 Å². The first kappa shape index (κ1) is 27.6. The van der Waals surface area contributed by atoms with Crippen LogP contribution in [0.4, 0.5) is 0 Å². The van der Waals surface area contributed by atoms with Crippen LogP contribution in [0.1, 0.15) is 23.6 Å². The molecular weight excluding hydrogens is 494 g/mol. The molecule has 5 rings (SSSR count). The van der Waals surface area contributed by atoms with Gasteiger partial charge in [0.1, 0.15) is 31.1 Å². The predicted molar refractivity (Wildman–Crippen MR) is 147 cm³/mol. The summed E-state index contributed by atoms with van der Waals surface area (Å²) in [7, 11) is 1.56. The highest BCUT2D eigenvalue weighted by molar-refractivity contribution is 5.92. The van der Waals surface area contributed by atoms with E-state index >= 15 is 0 Å². The number of Topliss-reactive ketones (excluding diaryl/α,β-unsaturated/α-hetero) is 1. The van der Waals surface area contributed by atoms with E-state index < -0.39 is 18.2 Å². The van der Waals surface area contributed by atoms with Crippen LogP contribution in [0, 0.1) is 0 Å². The van der Waals surface area contributed by atoms with E-state index in [-0.39, 0.29) is 30.8 Å². The lowest BCUT2D eigenvalue weighted by Crippen LogP contribution is -2.47. The van der Waals surface area contributed by atoms with Gasteiger partial charge in [-0.25, -0.2) is 0 Å². The fraction of sp³-hybridized carbons (Fsp3) is 0.406. The summed E-state index contributed by atoms with van der Waals surface area (Å²) in [4.78, 5) is 16.0. The van der Waals surface area contributed by atoms with Crippen molar-refractivity contribution in [1.29, 1.82) is 0 Å². The minimum Gasteiger partial charge on any atom is -0.375 e. The average molecular weight is 532 g/mol. The molecule has 0 saturated carbocycles. The van der Waals surface area contributed by atoms with E-state index in [4.69, 9.17) is 23.7 Å². The number of carbonyl (C=O) groups excluding carboxylic acids is 1. The summed E-state index contributed by atoms with van der Waals surface area (Å²) < 4.78 is 30.4. The third-order valence-corrected chi connectivity index (χ3v) is 7.53. The Balaban J connectivity index is 1.41. The van der Waals surface area contributed by atoms with Crippen molar-refractivity contribution < 1.29 is 28.5 Å². The van der Waals surface area contributed by atoms with Gasteiger partial charge in [0.25, 0.3) is 0 Å². The summed E-state index contributed by atoms with van der Waals surface area (Å²) in [5.41, 5.74) is 3.20. The summed E-state index contributed by atoms with van der Waals surface area (Å²) in [5, 5.41) is 0. The van der Waals surface area contributed by atoms with Gasteiger partial charge in [-0.3, -0.25) is 9.69 Å². The van der Waals surface area contributed by atoms with Crippen molar-refractivity contribution in [3.05, 3.63) is 108 Å². The van der Waals surface area contributed by atoms with Crippen LogP contribution in [-0.4, -0.2) is 67.6 Å². The zero-order valence-electron chi connectivity index (χ0n) is 22.6. The maximum atomic E-state index is 13.8. The van der Waals surface area contributed by atoms with Crippen molar-refractivity contribution in [3.8, 4) is 0 Å². The van der Waals surface area contributed by atoms with Crippen molar-refractivity contribution in [3.63, 3.8) is 0 Å². The first-order valence-corrected chi connectivity index (χ1v) is 13.5. The maximum absolute atomic E-state index is 13.8. The molecule has 7 nitrogen and oxygen atoms in total. The Hall–Kier alpha value is -2.91. The van der Waals surface area contributed by atoms with Gasteiger partial charge in [0.15, 0.2) is 5.78 Å². The predicted octanol–water partition coefficient (Wildman–Crippen LogP) is 4.39. The second kappa shape index (κ2) is 13.4. The number of nitrogens with zero attached hydrogens (tertiary/aromatic N) is 1. The molecule has 2 aliphatic rings. The normalized spacial score (nSPS) is 26.7. The van der Waals surface area contributed by atoms with Crippen molar-refractivity contribution in [1.82, 2.24) is 4.90 Å². The number of methoxy groups -OCH3 is 1. The molecule has 2 saturated heterocycles. The maximum Gasteiger partial charge on any atom is 0.183 e. The molecule has 2 fully saturated rings. The first-order valence-electron chi connectivity index (χ1n) is 13.5. The molecule has 0 radical (unpaired) electrons. The van der Waals surface area contributed by atoms with Crippen LogP contribution in [0.5, 0.6) is 0 Å². The zero-order valence-corrected chi connectivity index (χ0v) is 22.6. The minimum absolute atomic E-state index is 0.00326. The summed E-state index contributed by atoms with van der Waals surface area (Å²) in [5.74, 6) is -0.00326. The number of benzene rings is 3. The Morgan fingerprint density at radius 1 is 0.692 bits per heavy atom. The molecule has 3 aromatic rings. The Morgan fingerprint density at radius 2 is 1.21 bits per heavy atom. The molecule has 0 bridgehead atoms. The number of carbonyl (C=O) groups is 1. The van der Waals surface area contributed by atoms with Crippen LogP contribution in [0.15, 0.2) is 91.0 Å². The zero-order chi connectivity index (χ0) is 27.0. The van der Waals surface area contributed by atoms with Crippen LogP contribution >= 0.6 is 0 Å². The van der Waals surface area contributed by atoms with E-state index in [0.29, 0.717) is 26.4 Å². The van der Waals surface area contributed by atoms with Gasteiger partial charge in [-0.05, 0) is 23.6 Å². The van der Waals surface area contributed by atoms with Gasteiger partial charge in [-0.15, -0.1) is 0 Å². The third kappa shape index (κ3) is 6.47. The lowest BCUT2D eigenvalue weighted by atomic mass is 10.00. The molecular formula is C32H37NO6. The Kier molecular flexibility index (Phi) is 9.53. The van der Waals surface area contributed by atoms with E-state index in [2.05, 4.69) is 4.90 Å². The van der Waals surface area contributed by atoms with Gasteiger partial charge in [-0.2, -0.15) is 0 Å². The fourth-order valence-electron chi connectivity index (χ4n) is 5.71. The summed E-state index contributed by atoms with van der Waals surface area (Å²) >= 11 is 0. The van der Waals surface area contributed by atoms with E-state index in [0.717, 1.165) is 16.7 Å². The van der Waals surface area contributed by atoms with E-state index in [9.17, 15) is 4.79 Å². The smallest absolute Gasteiger partial charge is 0.183 e. The summed E-state index contributed by atoms with van der Waals surface area (Å²) in [6.45, 7) is 3.74. The van der Waals surface area contributed by atoms with Crippen LogP contribution in [0.3, 0.4) is 0 Å². The van der Waals surface area contributed by atoms with Gasteiger partial charge >= 0.3 is 0 Å². The molecule has 0 amide bonds. The number of ketones is 1. The van der Waals surface area contributed by atoms with Crippen molar-refractivity contribution >= 4 is 5.78 Å². The van der Waals surface area contributed by atoms with Gasteiger partial charge < -0.3 is 23.7 Å². The van der Waals surface area contributed by atoms with Gasteiger partial charge in [0, 0.05) is 13.2 Å². The number of fused-ring (bicyclic) bond motifs is 1. The second-order valence-corrected chi connectivity index (χ2v) is 10.1. The average Bonchev–Trinajstić information content (AvgIpc) is 3.42. The Morgan fingerprint density at radius 3 is 1.74 bits per heavy atom. The molecule has 0 unspecified atom stereocenters. The quantitative estimate of drug-likeness (QED) is 0.303. The minimum atomic E-state index is -0.607. The first-order chi connectivity index (χ1) is 19.2. The van der Waals surface area contributed by atoms with Gasteiger partial charge in [0.2, 0.25) is 0 Å². The summed E-state index contributed by atoms with van der Waals surface area (Å²) in [6.07, 6.45) is -1.46. The molecule has 206 valence electrons. The van der Waals surface area contributed by atoms with Crippen molar-refractivity contribution in [2.75, 3.05) is 20.5 Å². The van der Waals surface area contributed by atoms with Crippen LogP contribution < -0.4 is 0 Å². The molecule has 6 atom stereocenters. The molecule has 3 aromatic carbocycles. The molecule has 2 aliphatic heterocycles. The number of ether oxygens (including phenoxy) is 5.